The Labute approximate surface area is 285 Å². The fourth-order valence-electron chi connectivity index (χ4n) is 13.5. The minimum absolute atomic E-state index is 0.0243. The Bertz CT molecular complexity index is 1360. The quantitative estimate of drug-likeness (QED) is 0.368. The van der Waals surface area contributed by atoms with Crippen molar-refractivity contribution in [2.24, 2.45) is 56.7 Å². The Morgan fingerprint density at radius 3 is 2.19 bits per heavy atom. The van der Waals surface area contributed by atoms with Crippen LogP contribution in [0.3, 0.4) is 0 Å². The zero-order valence-electron chi connectivity index (χ0n) is 29.9. The van der Waals surface area contributed by atoms with Gasteiger partial charge in [-0.2, -0.15) is 0 Å². The summed E-state index contributed by atoms with van der Waals surface area (Å²) in [4.78, 5) is 40.5. The average molecular weight is 671 g/mol. The third-order valence-electron chi connectivity index (χ3n) is 16.5. The minimum Gasteiger partial charge on any atom is -0.481 e. The van der Waals surface area contributed by atoms with Crippen molar-refractivity contribution in [1.82, 2.24) is 9.80 Å². The summed E-state index contributed by atoms with van der Waals surface area (Å²) in [5.41, 5.74) is -0.0635. The molecule has 0 aromatic heterocycles. The first-order chi connectivity index (χ1) is 22.6. The normalized spacial score (nSPS) is 47.6. The molecule has 8 fully saturated rings. The Kier molecular flexibility index (Phi) is 7.39. The van der Waals surface area contributed by atoms with Crippen molar-refractivity contribution in [3.63, 3.8) is 0 Å². The van der Waals surface area contributed by atoms with Crippen LogP contribution in [0.5, 0.6) is 0 Å². The summed E-state index contributed by atoms with van der Waals surface area (Å²) >= 11 is 0. The summed E-state index contributed by atoms with van der Waals surface area (Å²) in [7, 11) is 0. The first-order valence-corrected chi connectivity index (χ1v) is 19.1. The molecule has 10 heteroatoms. The van der Waals surface area contributed by atoms with E-state index >= 15 is 0 Å². The molecular formula is C38H58N2O8. The number of carbonyl (C=O) groups excluding carboxylic acids is 2. The Morgan fingerprint density at radius 2 is 1.54 bits per heavy atom. The molecule has 2 N–H and O–H groups in total. The fraction of sp³-hybridized carbons (Fsp3) is 0.921. The van der Waals surface area contributed by atoms with Crippen LogP contribution in [0.25, 0.3) is 0 Å². The number of aliphatic hydroxyl groups excluding tert-OH is 1. The summed E-state index contributed by atoms with van der Waals surface area (Å²) in [5, 5.41) is 21.8. The highest BCUT2D eigenvalue weighted by atomic mass is 16.6. The van der Waals surface area contributed by atoms with Gasteiger partial charge in [0.1, 0.15) is 12.2 Å². The van der Waals surface area contributed by atoms with E-state index in [1.165, 1.54) is 17.7 Å². The van der Waals surface area contributed by atoms with E-state index in [-0.39, 0.29) is 88.6 Å². The number of carbonyl (C=O) groups is 3. The van der Waals surface area contributed by atoms with Gasteiger partial charge in [0.25, 0.3) is 0 Å². The van der Waals surface area contributed by atoms with Crippen molar-refractivity contribution in [3.05, 3.63) is 0 Å². The Balaban J connectivity index is 0.994. The minimum atomic E-state index is -0.854. The van der Waals surface area contributed by atoms with Crippen LogP contribution in [0, 0.1) is 56.7 Å². The van der Waals surface area contributed by atoms with Crippen molar-refractivity contribution in [3.8, 4) is 0 Å². The Morgan fingerprint density at radius 1 is 0.854 bits per heavy atom. The summed E-state index contributed by atoms with van der Waals surface area (Å²) in [6, 6.07) is 0. The first kappa shape index (κ1) is 33.1. The van der Waals surface area contributed by atoms with Gasteiger partial charge in [0, 0.05) is 37.0 Å². The molecule has 0 radical (unpaired) electrons. The molecule has 48 heavy (non-hydrogen) atoms. The number of aliphatic carboxylic acids is 1. The summed E-state index contributed by atoms with van der Waals surface area (Å²) in [5.74, 6) is -0.0800. The summed E-state index contributed by atoms with van der Waals surface area (Å²) < 4.78 is 19.2. The van der Waals surface area contributed by atoms with Gasteiger partial charge >= 0.3 is 18.2 Å². The molecular weight excluding hydrogens is 612 g/mol. The third-order valence-corrected chi connectivity index (χ3v) is 16.5. The second-order valence-electron chi connectivity index (χ2n) is 18.7. The number of ether oxygens (including phenoxy) is 3. The van der Waals surface area contributed by atoms with E-state index in [1.807, 2.05) is 0 Å². The second kappa shape index (κ2) is 10.7. The predicted octanol–water partition coefficient (Wildman–Crippen LogP) is 5.94. The lowest BCUT2D eigenvalue weighted by molar-refractivity contribution is -0.185. The predicted molar refractivity (Wildman–Crippen MR) is 176 cm³/mol. The summed E-state index contributed by atoms with van der Waals surface area (Å²) in [6.07, 6.45) is 8.21. The fourth-order valence-corrected chi connectivity index (χ4v) is 13.5. The van der Waals surface area contributed by atoms with Gasteiger partial charge in [0.15, 0.2) is 0 Å². The topological polar surface area (TPSA) is 126 Å². The smallest absolute Gasteiger partial charge is 0.410 e. The zero-order chi connectivity index (χ0) is 34.2. The van der Waals surface area contributed by atoms with Crippen LogP contribution in [-0.2, 0) is 19.0 Å². The number of carboxylic acids is 1. The van der Waals surface area contributed by atoms with Crippen LogP contribution in [0.1, 0.15) is 106 Å². The molecule has 12 atom stereocenters. The number of aliphatic hydroxyl groups is 1. The molecule has 2 spiro atoms. The molecule has 0 bridgehead atoms. The number of hydrogen-bond donors (Lipinski definition) is 2. The highest BCUT2D eigenvalue weighted by Gasteiger charge is 2.84. The van der Waals surface area contributed by atoms with Crippen molar-refractivity contribution in [1.29, 1.82) is 0 Å². The first-order valence-electron chi connectivity index (χ1n) is 19.1. The molecule has 3 aliphatic heterocycles. The molecule has 8 aliphatic rings. The van der Waals surface area contributed by atoms with Crippen LogP contribution in [0.2, 0.25) is 0 Å². The van der Waals surface area contributed by atoms with Gasteiger partial charge in [-0.3, -0.25) is 4.79 Å². The van der Waals surface area contributed by atoms with Gasteiger partial charge in [0.05, 0.1) is 24.2 Å². The molecule has 0 aromatic rings. The van der Waals surface area contributed by atoms with Gasteiger partial charge in [-0.05, 0) is 104 Å². The van der Waals surface area contributed by atoms with Gasteiger partial charge in [-0.15, -0.1) is 0 Å². The van der Waals surface area contributed by atoms with Gasteiger partial charge < -0.3 is 34.2 Å². The SMILES string of the molecule is CC(C)C(OC(=O)N1CCC1)C1CC[C@H]2C(O1)[C@H](O)[C@@]1(C)C3CC[C@H]4C(C)(C)C(OC(=O)N5CC(C(=O)O)C5)CCC45CC35CCC21C. The van der Waals surface area contributed by atoms with Crippen LogP contribution in [0.15, 0.2) is 0 Å². The molecule has 3 heterocycles. The number of rotatable bonds is 5. The van der Waals surface area contributed by atoms with E-state index in [9.17, 15) is 24.6 Å². The van der Waals surface area contributed by atoms with Crippen LogP contribution >= 0.6 is 0 Å². The van der Waals surface area contributed by atoms with Crippen LogP contribution in [-0.4, -0.2) is 94.9 Å². The number of nitrogens with zero attached hydrogens (tertiary/aromatic N) is 2. The van der Waals surface area contributed by atoms with Crippen molar-refractivity contribution < 1.29 is 38.8 Å². The lowest BCUT2D eigenvalue weighted by atomic mass is 9.41. The van der Waals surface area contributed by atoms with Crippen LogP contribution in [0.4, 0.5) is 9.59 Å². The molecule has 5 saturated carbocycles. The van der Waals surface area contributed by atoms with E-state index < -0.39 is 18.0 Å². The van der Waals surface area contributed by atoms with E-state index in [4.69, 9.17) is 14.2 Å². The number of likely N-dealkylation sites (tertiary alicyclic amines) is 2. The van der Waals surface area contributed by atoms with Crippen molar-refractivity contribution in [2.75, 3.05) is 26.2 Å². The van der Waals surface area contributed by atoms with Gasteiger partial charge in [0.2, 0.25) is 0 Å². The lowest BCUT2D eigenvalue weighted by Crippen LogP contribution is -2.60. The molecule has 2 amide bonds. The number of fused-ring (bicyclic) bond motifs is 4. The van der Waals surface area contributed by atoms with Crippen molar-refractivity contribution in [2.45, 2.75) is 136 Å². The maximum atomic E-state index is 13.0. The highest BCUT2D eigenvalue weighted by molar-refractivity contribution is 5.76. The molecule has 10 nitrogen and oxygen atoms in total. The average Bonchev–Trinajstić information content (AvgIpc) is 3.60. The Hall–Kier alpha value is -2.07. The molecule has 3 saturated heterocycles. The van der Waals surface area contributed by atoms with E-state index in [2.05, 4.69) is 41.5 Å². The van der Waals surface area contributed by atoms with E-state index in [1.54, 1.807) is 4.90 Å². The third kappa shape index (κ3) is 4.19. The molecule has 0 aromatic carbocycles. The monoisotopic (exact) mass is 670 g/mol. The largest absolute Gasteiger partial charge is 0.481 e. The maximum absolute atomic E-state index is 13.0. The van der Waals surface area contributed by atoms with E-state index in [0.717, 1.165) is 64.5 Å². The molecule has 268 valence electrons. The number of hydrogen-bond acceptors (Lipinski definition) is 7. The van der Waals surface area contributed by atoms with Gasteiger partial charge in [-0.25, -0.2) is 9.59 Å². The van der Waals surface area contributed by atoms with Crippen molar-refractivity contribution >= 4 is 18.2 Å². The standard InChI is InChI=1S/C38H58N2O8/c1-21(2)28(48-32(44)39-16-7-17-39)24-9-8-23-29(46-24)30(41)36(6)26-11-10-25-34(3,4)27(47-33(45)40-18-22(19-40)31(42)43)12-13-37(25)20-38(26,37)15-14-35(23,36)5/h21-30,41H,7-20H2,1-6H3,(H,42,43)/t23-,24?,25-,26?,27?,28?,29?,30-,35?,36+,37?,38?/m0/s1. The van der Waals surface area contributed by atoms with Crippen LogP contribution < -0.4 is 0 Å². The van der Waals surface area contributed by atoms with Gasteiger partial charge in [-0.1, -0.05) is 41.5 Å². The number of carboxylic acid groups (broad SMARTS) is 1. The number of amides is 2. The zero-order valence-corrected chi connectivity index (χ0v) is 29.9. The van der Waals surface area contributed by atoms with E-state index in [0.29, 0.717) is 11.8 Å². The summed E-state index contributed by atoms with van der Waals surface area (Å²) in [6.45, 7) is 15.6. The maximum Gasteiger partial charge on any atom is 0.410 e. The molecule has 8 unspecified atom stereocenters. The molecule has 5 aliphatic carbocycles. The highest BCUT2D eigenvalue weighted by Crippen LogP contribution is 2.89. The molecule has 8 rings (SSSR count). The second-order valence-corrected chi connectivity index (χ2v) is 18.7. The lowest BCUT2D eigenvalue weighted by Gasteiger charge is -2.63.